The van der Waals surface area contributed by atoms with Gasteiger partial charge in [-0.1, -0.05) is 221 Å². The molecule has 7 aromatic heterocycles. The summed E-state index contributed by atoms with van der Waals surface area (Å²) in [5.74, 6) is -1.21. The molecule has 0 aliphatic carbocycles. The van der Waals surface area contributed by atoms with Crippen LogP contribution in [0.1, 0.15) is 159 Å². The molecule has 16 rings (SSSR count). The quantitative estimate of drug-likeness (QED) is 0.0285. The van der Waals surface area contributed by atoms with Gasteiger partial charge in [0, 0.05) is 101 Å². The second kappa shape index (κ2) is 50.2. The predicted octanol–water partition coefficient (Wildman–Crippen LogP) is 21.2. The number of amides is 2. The van der Waals surface area contributed by atoms with Gasteiger partial charge >= 0.3 is 7.12 Å². The Hall–Kier alpha value is -11.7. The monoisotopic (exact) mass is 2120 g/mol. The first-order chi connectivity index (χ1) is 63.8. The van der Waals surface area contributed by atoms with Crippen molar-refractivity contribution in [1.29, 1.82) is 0 Å². The van der Waals surface area contributed by atoms with E-state index in [2.05, 4.69) is 157 Å². The van der Waals surface area contributed by atoms with Crippen LogP contribution >= 0.6 is 60.1 Å². The molecular formula is C102H115BBr4N14O12S2. The molecule has 33 heteroatoms. The number of sulfonamides is 2. The molecule has 26 nitrogen and oxygen atoms in total. The molecule has 1 saturated heterocycles. The van der Waals surface area contributed by atoms with Crippen molar-refractivity contribution in [3.05, 3.63) is 327 Å². The largest absolute Gasteiger partial charge is 0.494 e. The molecule has 1 aliphatic heterocycles. The molecule has 15 aromatic rings. The number of aryl methyl sites for hydroxylation is 12. The zero-order chi connectivity index (χ0) is 99.3. The van der Waals surface area contributed by atoms with Crippen LogP contribution in [-0.4, -0.2) is 133 Å². The van der Waals surface area contributed by atoms with E-state index in [0.717, 1.165) is 152 Å². The van der Waals surface area contributed by atoms with Crippen molar-refractivity contribution < 1.29 is 55.5 Å². The van der Waals surface area contributed by atoms with Crippen molar-refractivity contribution in [2.75, 3.05) is 11.1 Å². The maximum absolute atomic E-state index is 12.5. The Balaban J connectivity index is 0.000000207. The number of carbonyl (C=O) groups excluding carboxylic acids is 3. The number of nitrogen functional groups attached to an aromatic ring is 1. The van der Waals surface area contributed by atoms with Gasteiger partial charge in [-0.15, -0.1) is 0 Å². The van der Waals surface area contributed by atoms with Gasteiger partial charge in [0.1, 0.15) is 16.1 Å². The highest BCUT2D eigenvalue weighted by molar-refractivity contribution is 9.93. The average molecular weight is 2120 g/mol. The minimum atomic E-state index is -3.87. The van der Waals surface area contributed by atoms with Gasteiger partial charge in [-0.2, -0.15) is 0 Å². The number of ketones is 1. The number of halogens is 4. The van der Waals surface area contributed by atoms with Crippen LogP contribution in [0, 0.1) is 69.2 Å². The molecule has 0 unspecified atom stereocenters. The van der Waals surface area contributed by atoms with E-state index in [-0.39, 0.29) is 39.6 Å². The fourth-order valence-electron chi connectivity index (χ4n) is 13.4. The molecule has 8 aromatic carbocycles. The summed E-state index contributed by atoms with van der Waals surface area (Å²) in [5.41, 5.74) is 28.0. The molecule has 0 atom stereocenters. The minimum absolute atomic E-state index is 0.0838. The molecule has 6 N–H and O–H groups in total. The molecule has 708 valence electrons. The number of anilines is 1. The van der Waals surface area contributed by atoms with Crippen LogP contribution in [0.5, 0.6) is 0 Å². The Morgan fingerprint density at radius 3 is 1.28 bits per heavy atom. The van der Waals surface area contributed by atoms with E-state index in [1.54, 1.807) is 51.2 Å². The van der Waals surface area contributed by atoms with Crippen molar-refractivity contribution in [2.24, 2.45) is 0 Å². The van der Waals surface area contributed by atoms with E-state index < -0.39 is 50.5 Å². The fourth-order valence-corrected chi connectivity index (χ4v) is 16.3. The summed E-state index contributed by atoms with van der Waals surface area (Å²) in [6.45, 7) is 33.8. The van der Waals surface area contributed by atoms with Gasteiger partial charge in [0.15, 0.2) is 22.7 Å². The van der Waals surface area contributed by atoms with Gasteiger partial charge < -0.3 is 29.7 Å². The topological polar surface area (TPSA) is 362 Å². The number of nitrogens with two attached hydrogens (primary N) is 1. The highest BCUT2D eigenvalue weighted by Crippen LogP contribution is 2.38. The van der Waals surface area contributed by atoms with Crippen LogP contribution < -0.4 is 20.6 Å². The van der Waals surface area contributed by atoms with E-state index in [1.807, 2.05) is 252 Å². The standard InChI is InChI=1S/C31H30N4O3S.C23H30BNO5S.C14H12BrN3.C14H13N3.C8H7BrO.C6H9N3.C4H10O.C2H4O2.Br2/c1-21-12-18-27(19-13-21)39(37,38)34-28(36)11-7-8-24-14-16-26(17-15-24)30-29(25-9-5-4-6-10-25)33-31-23(3)32-22(2)20-35(30)31;1-17-9-15-20(16-10-17)31(27,28)25-21(26)8-6-7-18-11-13-19(14-12-18)24-29-22(2,3)23(4,5)30-24;1-9-8-18-13(15)12(11-6-4-3-5-7-11)17-14(18)10(2)16-9;1-10-8-17-9-13(12-6-4-3-5-7-12)16-14(17)11(2)15-10;9-6-8(10)7-4-2-1-3-5-7;1-4-3-8-6(7)5(2)9-4;1-4(2,3)5;1-2(3)4;1-2/h4-6,9-10,12-20H,7-8,11H2,1-3H3,(H,34,36);9-16H,6-8H2,1-5H3,(H,25,26);3-8H,1-2H3;3-9H,1-2H3;1-5H,6H2;3H,1-2H3,(H2,7,8);5H,1-3H3;1H3,(H,3,4);. The summed E-state index contributed by atoms with van der Waals surface area (Å²) in [6.07, 6.45) is 12.3. The van der Waals surface area contributed by atoms with Crippen molar-refractivity contribution in [3.63, 3.8) is 0 Å². The number of Topliss-reactive ketones (excluding diaryl/α,β-unsaturated/α-hetero) is 1. The third-order valence-corrected chi connectivity index (χ3v) is 24.6. The fraction of sp³-hybridized carbons (Fsp3) is 0.275. The molecule has 1 aliphatic rings. The van der Waals surface area contributed by atoms with E-state index in [1.165, 1.54) is 24.3 Å². The lowest BCUT2D eigenvalue weighted by Gasteiger charge is -2.32. The Morgan fingerprint density at radius 2 is 0.852 bits per heavy atom. The lowest BCUT2D eigenvalue weighted by atomic mass is 9.78. The van der Waals surface area contributed by atoms with Crippen molar-refractivity contribution in [2.45, 2.75) is 190 Å². The second-order valence-electron chi connectivity index (χ2n) is 33.8. The Kier molecular flexibility index (Phi) is 40.4. The first-order valence-electron chi connectivity index (χ1n) is 43.2. The Labute approximate surface area is 823 Å². The van der Waals surface area contributed by atoms with Crippen LogP contribution in [0.2, 0.25) is 0 Å². The molecule has 0 spiro atoms. The van der Waals surface area contributed by atoms with E-state index in [4.69, 9.17) is 35.0 Å². The number of nitrogens with one attached hydrogen (secondary N) is 2. The van der Waals surface area contributed by atoms with Crippen molar-refractivity contribution >= 4 is 139 Å². The van der Waals surface area contributed by atoms with Crippen LogP contribution in [0.3, 0.4) is 0 Å². The lowest BCUT2D eigenvalue weighted by molar-refractivity contribution is -0.134. The lowest BCUT2D eigenvalue weighted by Crippen LogP contribution is -2.41. The van der Waals surface area contributed by atoms with Crippen LogP contribution in [0.4, 0.5) is 5.82 Å². The van der Waals surface area contributed by atoms with Crippen LogP contribution in [0.15, 0.2) is 264 Å². The zero-order valence-corrected chi connectivity index (χ0v) is 87.0. The number of rotatable bonds is 19. The number of nitrogens with zero attached hydrogens (tertiary/aromatic N) is 11. The van der Waals surface area contributed by atoms with Gasteiger partial charge in [-0.05, 0) is 200 Å². The highest BCUT2D eigenvalue weighted by Gasteiger charge is 2.51. The SMILES string of the molecule is BrBr.CC(=O)O.CC(C)(C)O.Cc1ccc(S(=O)(=O)NC(=O)CCCc2ccc(-c3c(-c4ccccc4)nc4c(C)nc(C)cn34)cc2)cc1.Cc1ccc(S(=O)(=O)NC(=O)CCCc2ccc(B3OC(C)(C)C(C)(C)O3)cc2)cc1.Cc1cn2c(Br)c(-c3ccccc3)nc2c(C)n1.Cc1cn2cc(-c3ccccc3)nc2c(C)n1.Cc1cnc(N)c(C)n1.O=C(CBr)c1ccccc1. The number of aliphatic hydroxyl groups is 1. The number of carboxylic acids is 1. The van der Waals surface area contributed by atoms with Crippen LogP contribution in [0.25, 0.3) is 62.0 Å². The summed E-state index contributed by atoms with van der Waals surface area (Å²) in [4.78, 5) is 80.3. The molecule has 0 saturated carbocycles. The number of carbonyl (C=O) groups is 4. The van der Waals surface area contributed by atoms with Gasteiger partial charge in [-0.3, -0.25) is 47.9 Å². The van der Waals surface area contributed by atoms with Gasteiger partial charge in [0.2, 0.25) is 11.8 Å². The molecule has 135 heavy (non-hydrogen) atoms. The maximum atomic E-state index is 12.5. The first kappa shape index (κ1) is 109. The second-order valence-corrected chi connectivity index (χ2v) is 38.5. The summed E-state index contributed by atoms with van der Waals surface area (Å²) < 4.78 is 73.1. The number of alkyl halides is 1. The average Bonchev–Trinajstić information content (AvgIpc) is 1.62. The molecular weight excluding hydrogens is 2010 g/mol. The molecule has 2 amide bonds. The van der Waals surface area contributed by atoms with Gasteiger partial charge in [0.05, 0.1) is 101 Å². The minimum Gasteiger partial charge on any atom is -0.481 e. The summed E-state index contributed by atoms with van der Waals surface area (Å²) in [6, 6.07) is 68.6. The number of aliphatic carboxylic acids is 1. The number of fused-ring (bicyclic) bond motifs is 3. The number of aromatic nitrogens is 11. The number of carboxylic acid groups (broad SMARTS) is 1. The van der Waals surface area contributed by atoms with Crippen molar-refractivity contribution in [3.8, 4) is 45.0 Å². The summed E-state index contributed by atoms with van der Waals surface area (Å²) >= 11 is 12.2. The number of hydrogen-bond acceptors (Lipinski definition) is 20. The number of imidazole rings is 3. The number of benzene rings is 8. The molecule has 0 radical (unpaired) electrons. The number of hydrogen-bond donors (Lipinski definition) is 5. The molecule has 1 fully saturated rings. The van der Waals surface area contributed by atoms with Gasteiger partial charge in [0.25, 0.3) is 26.0 Å². The first-order valence-corrected chi connectivity index (χ1v) is 51.8. The van der Waals surface area contributed by atoms with E-state index in [0.29, 0.717) is 36.8 Å². The third kappa shape index (κ3) is 32.8. The zero-order valence-electron chi connectivity index (χ0n) is 79.0. The predicted molar refractivity (Wildman–Crippen MR) is 551 cm³/mol. The maximum Gasteiger partial charge on any atom is 0.494 e. The van der Waals surface area contributed by atoms with E-state index >= 15 is 0 Å². The summed E-state index contributed by atoms with van der Waals surface area (Å²) in [7, 11) is -8.10. The third-order valence-electron chi connectivity index (χ3n) is 20.6. The normalized spacial score (nSPS) is 12.2. The van der Waals surface area contributed by atoms with E-state index in [9.17, 15) is 31.2 Å². The smallest absolute Gasteiger partial charge is 0.481 e. The van der Waals surface area contributed by atoms with Gasteiger partial charge in [-0.25, -0.2) is 46.2 Å². The molecule has 0 bridgehead atoms. The van der Waals surface area contributed by atoms with Crippen LogP contribution in [-0.2, 0) is 56.6 Å². The molecule has 8 heterocycles. The highest BCUT2D eigenvalue weighted by atomic mass is 80.9. The Bertz CT molecular complexity index is 6700. The Morgan fingerprint density at radius 1 is 0.474 bits per heavy atom. The summed E-state index contributed by atoms with van der Waals surface area (Å²) in [5, 5.41) is 16.3. The van der Waals surface area contributed by atoms with Crippen molar-refractivity contribution in [1.82, 2.24) is 62.5 Å².